The van der Waals surface area contributed by atoms with E-state index >= 15 is 0 Å². The van der Waals surface area contributed by atoms with E-state index < -0.39 is 17.6 Å². The number of anilines is 3. The molecule has 1 heterocycles. The van der Waals surface area contributed by atoms with Crippen molar-refractivity contribution in [3.63, 3.8) is 0 Å². The fourth-order valence-corrected chi connectivity index (χ4v) is 4.39. The number of halogens is 3. The van der Waals surface area contributed by atoms with Gasteiger partial charge in [-0.15, -0.1) is 11.3 Å². The Hall–Kier alpha value is -3.38. The molecule has 0 spiro atoms. The summed E-state index contributed by atoms with van der Waals surface area (Å²) in [6.45, 7) is 1.40. The Morgan fingerprint density at radius 2 is 1.59 bits per heavy atom. The maximum atomic E-state index is 12.8. The van der Waals surface area contributed by atoms with Crippen LogP contribution in [0.25, 0.3) is 0 Å². The number of nitrogens with zero attached hydrogens (tertiary/aromatic N) is 1. The molecule has 0 aliphatic rings. The van der Waals surface area contributed by atoms with Gasteiger partial charge in [-0.2, -0.15) is 13.2 Å². The molecule has 1 aromatic heterocycles. The van der Waals surface area contributed by atoms with E-state index in [9.17, 15) is 27.6 Å². The van der Waals surface area contributed by atoms with Gasteiger partial charge in [-0.05, 0) is 42.5 Å². The molecule has 3 amide bonds. The van der Waals surface area contributed by atoms with Gasteiger partial charge in [0.2, 0.25) is 17.7 Å². The molecule has 34 heavy (non-hydrogen) atoms. The molecule has 0 bridgehead atoms. The number of hydrogen-bond acceptors (Lipinski definition) is 6. The van der Waals surface area contributed by atoms with E-state index in [2.05, 4.69) is 20.9 Å². The van der Waals surface area contributed by atoms with Crippen molar-refractivity contribution in [2.45, 2.75) is 23.9 Å². The summed E-state index contributed by atoms with van der Waals surface area (Å²) >= 11 is 2.46. The monoisotopic (exact) mass is 508 g/mol. The molecule has 0 unspecified atom stereocenters. The molecule has 2 aromatic carbocycles. The van der Waals surface area contributed by atoms with Crippen molar-refractivity contribution in [3.05, 3.63) is 65.2 Å². The number of benzene rings is 2. The van der Waals surface area contributed by atoms with Crippen LogP contribution in [0.1, 0.15) is 18.2 Å². The van der Waals surface area contributed by atoms with Crippen molar-refractivity contribution >= 4 is 57.9 Å². The summed E-state index contributed by atoms with van der Waals surface area (Å²) < 4.78 is 39.0. The summed E-state index contributed by atoms with van der Waals surface area (Å²) in [5.41, 5.74) is 0.843. The zero-order valence-electron chi connectivity index (χ0n) is 17.7. The standard InChI is InChI=1S/C22H19F3N4O3S2/c1-13(30)26-15-5-7-16(8-6-15)27-20(32)12-34-21-29-18(11-33-21)10-19(31)28-17-4-2-3-14(9-17)22(23,24)25/h2-9,11H,10,12H2,1H3,(H,26,30)(H,27,32)(H,28,31). The summed E-state index contributed by atoms with van der Waals surface area (Å²) in [6.07, 6.45) is -4.61. The summed E-state index contributed by atoms with van der Waals surface area (Å²) in [5, 5.41) is 9.46. The number of aromatic nitrogens is 1. The fourth-order valence-electron chi connectivity index (χ4n) is 2.74. The molecule has 3 rings (SSSR count). The third-order valence-corrected chi connectivity index (χ3v) is 6.23. The Morgan fingerprint density at radius 1 is 0.941 bits per heavy atom. The molecule has 178 valence electrons. The Labute approximate surface area is 201 Å². The van der Waals surface area contributed by atoms with Gasteiger partial charge >= 0.3 is 6.18 Å². The number of thiazole rings is 1. The highest BCUT2D eigenvalue weighted by atomic mass is 32.2. The number of hydrogen-bond donors (Lipinski definition) is 3. The van der Waals surface area contributed by atoms with E-state index in [0.29, 0.717) is 21.4 Å². The lowest BCUT2D eigenvalue weighted by molar-refractivity contribution is -0.137. The summed E-state index contributed by atoms with van der Waals surface area (Å²) in [7, 11) is 0. The first-order valence-electron chi connectivity index (χ1n) is 9.80. The minimum atomic E-state index is -4.50. The molecule has 0 aliphatic carbocycles. The molecular weight excluding hydrogens is 489 g/mol. The third-order valence-electron chi connectivity index (χ3n) is 4.16. The van der Waals surface area contributed by atoms with Crippen LogP contribution >= 0.6 is 23.1 Å². The number of carbonyl (C=O) groups excluding carboxylic acids is 3. The van der Waals surface area contributed by atoms with E-state index in [1.165, 1.54) is 42.2 Å². The maximum absolute atomic E-state index is 12.8. The Bertz CT molecular complexity index is 1180. The summed E-state index contributed by atoms with van der Waals surface area (Å²) in [4.78, 5) is 39.7. The van der Waals surface area contributed by atoms with Crippen LogP contribution < -0.4 is 16.0 Å². The number of nitrogens with one attached hydrogen (secondary N) is 3. The lowest BCUT2D eigenvalue weighted by Gasteiger charge is -2.09. The van der Waals surface area contributed by atoms with Gasteiger partial charge in [0.15, 0.2) is 4.34 Å². The second-order valence-corrected chi connectivity index (χ2v) is 9.08. The number of amides is 3. The highest BCUT2D eigenvalue weighted by Crippen LogP contribution is 2.30. The van der Waals surface area contributed by atoms with Crippen molar-refractivity contribution in [3.8, 4) is 0 Å². The number of alkyl halides is 3. The normalized spacial score (nSPS) is 11.1. The molecule has 0 radical (unpaired) electrons. The van der Waals surface area contributed by atoms with Crippen LogP contribution in [0.5, 0.6) is 0 Å². The predicted octanol–water partition coefficient (Wildman–Crippen LogP) is 5.03. The minimum absolute atomic E-state index is 0.0476. The van der Waals surface area contributed by atoms with E-state index in [1.54, 1.807) is 29.6 Å². The van der Waals surface area contributed by atoms with E-state index in [0.717, 1.165) is 12.1 Å². The topological polar surface area (TPSA) is 100 Å². The third kappa shape index (κ3) is 7.89. The first-order valence-corrected chi connectivity index (χ1v) is 11.7. The molecule has 0 fully saturated rings. The van der Waals surface area contributed by atoms with Gasteiger partial charge in [0, 0.05) is 29.4 Å². The first kappa shape index (κ1) is 25.2. The van der Waals surface area contributed by atoms with E-state index in [-0.39, 0.29) is 29.7 Å². The van der Waals surface area contributed by atoms with E-state index in [1.807, 2.05) is 0 Å². The Morgan fingerprint density at radius 3 is 2.24 bits per heavy atom. The quantitative estimate of drug-likeness (QED) is 0.371. The molecule has 0 aliphatic heterocycles. The SMILES string of the molecule is CC(=O)Nc1ccc(NC(=O)CSc2nc(CC(=O)Nc3cccc(C(F)(F)F)c3)cs2)cc1. The van der Waals surface area contributed by atoms with Gasteiger partial charge < -0.3 is 16.0 Å². The largest absolute Gasteiger partial charge is 0.416 e. The van der Waals surface area contributed by atoms with Crippen molar-refractivity contribution in [1.29, 1.82) is 0 Å². The number of carbonyl (C=O) groups is 3. The molecule has 0 atom stereocenters. The second kappa shape index (κ2) is 11.2. The molecule has 12 heteroatoms. The lowest BCUT2D eigenvalue weighted by atomic mass is 10.2. The lowest BCUT2D eigenvalue weighted by Crippen LogP contribution is -2.15. The number of thioether (sulfide) groups is 1. The maximum Gasteiger partial charge on any atom is 0.416 e. The molecule has 3 aromatic rings. The predicted molar refractivity (Wildman–Crippen MR) is 126 cm³/mol. The van der Waals surface area contributed by atoms with Crippen LogP contribution in [0.2, 0.25) is 0 Å². The van der Waals surface area contributed by atoms with Crippen LogP contribution in [-0.4, -0.2) is 28.5 Å². The molecule has 7 nitrogen and oxygen atoms in total. The average Bonchev–Trinajstić information content (AvgIpc) is 3.20. The zero-order valence-corrected chi connectivity index (χ0v) is 19.4. The van der Waals surface area contributed by atoms with Gasteiger partial charge in [0.05, 0.1) is 23.4 Å². The summed E-state index contributed by atoms with van der Waals surface area (Å²) in [5.74, 6) is -0.848. The molecule has 0 saturated carbocycles. The zero-order chi connectivity index (χ0) is 24.7. The van der Waals surface area contributed by atoms with Gasteiger partial charge in [0.25, 0.3) is 0 Å². The Kier molecular flexibility index (Phi) is 8.29. The first-order chi connectivity index (χ1) is 16.1. The molecule has 0 saturated heterocycles. The van der Waals surface area contributed by atoms with Gasteiger partial charge in [0.1, 0.15) is 0 Å². The van der Waals surface area contributed by atoms with Crippen LogP contribution in [0.15, 0.2) is 58.3 Å². The van der Waals surface area contributed by atoms with Crippen molar-refractivity contribution in [2.24, 2.45) is 0 Å². The number of rotatable bonds is 8. The van der Waals surface area contributed by atoms with Gasteiger partial charge in [-0.1, -0.05) is 17.8 Å². The van der Waals surface area contributed by atoms with Crippen LogP contribution in [0.3, 0.4) is 0 Å². The minimum Gasteiger partial charge on any atom is -0.326 e. The van der Waals surface area contributed by atoms with Gasteiger partial charge in [-0.25, -0.2) is 4.98 Å². The van der Waals surface area contributed by atoms with Crippen LogP contribution in [0, 0.1) is 0 Å². The van der Waals surface area contributed by atoms with Crippen molar-refractivity contribution in [1.82, 2.24) is 4.98 Å². The molecular formula is C22H19F3N4O3S2. The van der Waals surface area contributed by atoms with Gasteiger partial charge in [-0.3, -0.25) is 14.4 Å². The summed E-state index contributed by atoms with van der Waals surface area (Å²) in [6, 6.07) is 11.1. The highest BCUT2D eigenvalue weighted by molar-refractivity contribution is 8.01. The van der Waals surface area contributed by atoms with E-state index in [4.69, 9.17) is 0 Å². The Balaban J connectivity index is 1.46. The fraction of sp³-hybridized carbons (Fsp3) is 0.182. The smallest absolute Gasteiger partial charge is 0.326 e. The van der Waals surface area contributed by atoms with Crippen molar-refractivity contribution in [2.75, 3.05) is 21.7 Å². The van der Waals surface area contributed by atoms with Crippen molar-refractivity contribution < 1.29 is 27.6 Å². The van der Waals surface area contributed by atoms with Crippen LogP contribution in [0.4, 0.5) is 30.2 Å². The average molecular weight is 509 g/mol. The molecule has 3 N–H and O–H groups in total. The highest BCUT2D eigenvalue weighted by Gasteiger charge is 2.30. The second-order valence-electron chi connectivity index (χ2n) is 7.00. The van der Waals surface area contributed by atoms with Crippen LogP contribution in [-0.2, 0) is 27.0 Å².